The summed E-state index contributed by atoms with van der Waals surface area (Å²) >= 11 is 0. The van der Waals surface area contributed by atoms with Gasteiger partial charge >= 0.3 is 18.3 Å². The molecule has 1 N–H and O–H groups in total. The molecule has 0 amide bonds. The lowest BCUT2D eigenvalue weighted by atomic mass is 10.0. The number of rotatable bonds is 11. The molecular weight excluding hydrogens is 491 g/mol. The van der Waals surface area contributed by atoms with Crippen LogP contribution in [-0.2, 0) is 27.1 Å². The topological polar surface area (TPSA) is 83.1 Å². The van der Waals surface area contributed by atoms with E-state index in [9.17, 15) is 22.8 Å². The van der Waals surface area contributed by atoms with Crippen LogP contribution in [0.2, 0.25) is 0 Å². The van der Waals surface area contributed by atoms with Gasteiger partial charge in [-0.1, -0.05) is 36.4 Å². The third-order valence-corrected chi connectivity index (χ3v) is 5.33. The lowest BCUT2D eigenvalue weighted by Gasteiger charge is -2.19. The summed E-state index contributed by atoms with van der Waals surface area (Å²) in [6.45, 7) is 0.315. The first-order valence-corrected chi connectivity index (χ1v) is 11.3. The Hall–Kier alpha value is -4.21. The summed E-state index contributed by atoms with van der Waals surface area (Å²) in [5.74, 6) is -0.703. The van der Waals surface area contributed by atoms with Crippen LogP contribution in [0.25, 0.3) is 0 Å². The van der Waals surface area contributed by atoms with Gasteiger partial charge in [0.05, 0.1) is 26.4 Å². The maximum atomic E-state index is 12.4. The summed E-state index contributed by atoms with van der Waals surface area (Å²) in [4.78, 5) is 24.5. The molecule has 37 heavy (non-hydrogen) atoms. The highest BCUT2D eigenvalue weighted by molar-refractivity contribution is 5.96. The van der Waals surface area contributed by atoms with Gasteiger partial charge in [-0.25, -0.2) is 9.59 Å². The third-order valence-electron chi connectivity index (χ3n) is 5.33. The molecular formula is C27H26F3NO6. The summed E-state index contributed by atoms with van der Waals surface area (Å²) in [5.41, 5.74) is 2.37. The smallest absolute Gasteiger partial charge is 0.493 e. The van der Waals surface area contributed by atoms with E-state index in [2.05, 4.69) is 10.1 Å². The fourth-order valence-electron chi connectivity index (χ4n) is 3.52. The van der Waals surface area contributed by atoms with Crippen molar-refractivity contribution in [3.8, 4) is 11.5 Å². The van der Waals surface area contributed by atoms with Crippen molar-refractivity contribution < 1.29 is 41.7 Å². The molecule has 0 saturated carbocycles. The Labute approximate surface area is 212 Å². The zero-order valence-electron chi connectivity index (χ0n) is 20.2. The average Bonchev–Trinajstić information content (AvgIpc) is 2.88. The fourth-order valence-corrected chi connectivity index (χ4v) is 3.52. The van der Waals surface area contributed by atoms with Crippen LogP contribution in [0.3, 0.4) is 0 Å². The monoisotopic (exact) mass is 517 g/mol. The summed E-state index contributed by atoms with van der Waals surface area (Å²) in [5, 5.41) is 3.07. The van der Waals surface area contributed by atoms with Crippen LogP contribution in [0.15, 0.2) is 72.8 Å². The Morgan fingerprint density at radius 3 is 2.08 bits per heavy atom. The Morgan fingerprint density at radius 2 is 1.46 bits per heavy atom. The number of para-hydroxylation sites is 1. The standard InChI is InChI=1S/C27H26F3NO6/c1-34-25(32)22-5-3-4-6-23(22)31-24(26(33)35-2)17-19-9-11-20(12-10-19)36-16-15-18-7-13-21(14-8-18)37-27(28,29)30/h3-14,24,31H,15-17H2,1-2H3/t24-/m0/s1. The minimum Gasteiger partial charge on any atom is -0.493 e. The van der Waals surface area contributed by atoms with Gasteiger partial charge in [-0.15, -0.1) is 13.2 Å². The molecule has 0 saturated heterocycles. The van der Waals surface area contributed by atoms with Crippen LogP contribution in [0.1, 0.15) is 21.5 Å². The molecule has 3 rings (SSSR count). The van der Waals surface area contributed by atoms with E-state index in [1.54, 1.807) is 48.5 Å². The van der Waals surface area contributed by atoms with E-state index >= 15 is 0 Å². The van der Waals surface area contributed by atoms with E-state index in [4.69, 9.17) is 14.2 Å². The first kappa shape index (κ1) is 27.4. The van der Waals surface area contributed by atoms with E-state index in [0.717, 1.165) is 11.1 Å². The first-order valence-electron chi connectivity index (χ1n) is 11.3. The highest BCUT2D eigenvalue weighted by Crippen LogP contribution is 2.23. The zero-order chi connectivity index (χ0) is 26.8. The quantitative estimate of drug-likeness (QED) is 0.351. The molecule has 3 aromatic rings. The highest BCUT2D eigenvalue weighted by atomic mass is 19.4. The van der Waals surface area contributed by atoms with E-state index in [1.807, 2.05) is 12.1 Å². The van der Waals surface area contributed by atoms with Gasteiger partial charge in [0.25, 0.3) is 0 Å². The summed E-state index contributed by atoms with van der Waals surface area (Å²) in [6, 6.07) is 18.7. The number of carbonyl (C=O) groups excluding carboxylic acids is 2. The predicted octanol–water partition coefficient (Wildman–Crippen LogP) is 5.19. The maximum absolute atomic E-state index is 12.4. The molecule has 10 heteroatoms. The molecule has 0 aliphatic rings. The third kappa shape index (κ3) is 8.45. The van der Waals surface area contributed by atoms with Crippen LogP contribution < -0.4 is 14.8 Å². The fraction of sp³-hybridized carbons (Fsp3) is 0.259. The van der Waals surface area contributed by atoms with Crippen molar-refractivity contribution in [2.24, 2.45) is 0 Å². The van der Waals surface area contributed by atoms with Crippen molar-refractivity contribution in [1.29, 1.82) is 0 Å². The second-order valence-corrected chi connectivity index (χ2v) is 7.90. The summed E-state index contributed by atoms with van der Waals surface area (Å²) < 4.78 is 56.1. The van der Waals surface area contributed by atoms with Gasteiger partial charge in [-0.2, -0.15) is 0 Å². The van der Waals surface area contributed by atoms with Crippen LogP contribution in [0.4, 0.5) is 18.9 Å². The molecule has 0 unspecified atom stereocenters. The number of hydrogen-bond acceptors (Lipinski definition) is 7. The first-order chi connectivity index (χ1) is 17.7. The molecule has 7 nitrogen and oxygen atoms in total. The number of ether oxygens (including phenoxy) is 4. The van der Waals surface area contributed by atoms with Crippen molar-refractivity contribution in [2.75, 3.05) is 26.1 Å². The number of methoxy groups -OCH3 is 2. The number of alkyl halides is 3. The number of benzene rings is 3. The Bertz CT molecular complexity index is 1180. The van der Waals surface area contributed by atoms with Crippen LogP contribution in [0.5, 0.6) is 11.5 Å². The van der Waals surface area contributed by atoms with Gasteiger partial charge in [-0.3, -0.25) is 0 Å². The number of esters is 2. The van der Waals surface area contributed by atoms with Gasteiger partial charge in [-0.05, 0) is 47.5 Å². The minimum atomic E-state index is -4.72. The zero-order valence-corrected chi connectivity index (χ0v) is 20.2. The van der Waals surface area contributed by atoms with Crippen molar-refractivity contribution in [1.82, 2.24) is 0 Å². The van der Waals surface area contributed by atoms with Crippen molar-refractivity contribution in [2.45, 2.75) is 25.2 Å². The van der Waals surface area contributed by atoms with E-state index in [1.165, 1.54) is 26.4 Å². The lowest BCUT2D eigenvalue weighted by molar-refractivity contribution is -0.274. The molecule has 0 heterocycles. The van der Waals surface area contributed by atoms with Crippen LogP contribution >= 0.6 is 0 Å². The van der Waals surface area contributed by atoms with Crippen molar-refractivity contribution >= 4 is 17.6 Å². The second-order valence-electron chi connectivity index (χ2n) is 7.90. The minimum absolute atomic E-state index is 0.277. The van der Waals surface area contributed by atoms with Crippen molar-refractivity contribution in [3.05, 3.63) is 89.5 Å². The Morgan fingerprint density at radius 1 is 0.838 bits per heavy atom. The Balaban J connectivity index is 1.57. The molecule has 1 atom stereocenters. The van der Waals surface area contributed by atoms with Crippen LogP contribution in [0, 0.1) is 0 Å². The SMILES string of the molecule is COC(=O)c1ccccc1N[C@@H](Cc1ccc(OCCc2ccc(OC(F)(F)F)cc2)cc1)C(=O)OC. The number of carbonyl (C=O) groups is 2. The number of hydrogen-bond donors (Lipinski definition) is 1. The summed E-state index contributed by atoms with van der Waals surface area (Å²) in [7, 11) is 2.57. The van der Waals surface area contributed by atoms with Crippen LogP contribution in [-0.4, -0.2) is 45.2 Å². The van der Waals surface area contributed by atoms with Crippen molar-refractivity contribution in [3.63, 3.8) is 0 Å². The van der Waals surface area contributed by atoms with Gasteiger partial charge in [0.15, 0.2) is 0 Å². The molecule has 3 aromatic carbocycles. The summed E-state index contributed by atoms with van der Waals surface area (Å²) in [6.07, 6.45) is -3.95. The number of halogens is 3. The molecule has 0 radical (unpaired) electrons. The maximum Gasteiger partial charge on any atom is 0.573 e. The normalized spacial score (nSPS) is 11.8. The largest absolute Gasteiger partial charge is 0.573 e. The van der Waals surface area contributed by atoms with Gasteiger partial charge in [0.1, 0.15) is 17.5 Å². The van der Waals surface area contributed by atoms with Gasteiger partial charge in [0, 0.05) is 18.5 Å². The van der Waals surface area contributed by atoms with E-state index in [-0.39, 0.29) is 12.2 Å². The number of nitrogens with one attached hydrogen (secondary N) is 1. The molecule has 0 spiro atoms. The Kier molecular flexibility index (Phi) is 9.37. The molecule has 0 fully saturated rings. The molecule has 0 aromatic heterocycles. The molecule has 0 aliphatic heterocycles. The molecule has 196 valence electrons. The predicted molar refractivity (Wildman–Crippen MR) is 130 cm³/mol. The van der Waals surface area contributed by atoms with Gasteiger partial charge in [0.2, 0.25) is 0 Å². The lowest BCUT2D eigenvalue weighted by Crippen LogP contribution is -2.33. The van der Waals surface area contributed by atoms with E-state index < -0.39 is 24.3 Å². The number of anilines is 1. The average molecular weight is 518 g/mol. The second kappa shape index (κ2) is 12.7. The molecule has 0 aliphatic carbocycles. The van der Waals surface area contributed by atoms with E-state index in [0.29, 0.717) is 30.0 Å². The van der Waals surface area contributed by atoms with Gasteiger partial charge < -0.3 is 24.3 Å². The highest BCUT2D eigenvalue weighted by Gasteiger charge is 2.31. The molecule has 0 bridgehead atoms.